The fraction of sp³-hybridized carbons (Fsp3) is 0.120. The molecule has 0 fully saturated rings. The second-order valence-corrected chi connectivity index (χ2v) is 6.50. The molecule has 0 spiro atoms. The Hall–Kier alpha value is -2.86. The first-order chi connectivity index (χ1) is 12.3. The third-order valence-electron chi connectivity index (χ3n) is 5.11. The first-order valence-corrected chi connectivity index (χ1v) is 8.88. The summed E-state index contributed by atoms with van der Waals surface area (Å²) in [6.07, 6.45) is 10.6. The topological polar surface area (TPSA) is 0 Å². The van der Waals surface area contributed by atoms with E-state index in [4.69, 9.17) is 0 Å². The summed E-state index contributed by atoms with van der Waals surface area (Å²) in [7, 11) is 0. The number of hydrogen-bond donors (Lipinski definition) is 0. The van der Waals surface area contributed by atoms with E-state index in [1.807, 2.05) is 6.92 Å². The molecule has 4 rings (SSSR count). The molecule has 0 N–H and O–H groups in total. The van der Waals surface area contributed by atoms with Gasteiger partial charge in [-0.05, 0) is 76.6 Å². The Bertz CT molecular complexity index is 1060. The molecular formula is C25H22. The van der Waals surface area contributed by atoms with E-state index >= 15 is 0 Å². The lowest BCUT2D eigenvalue weighted by atomic mass is 9.90. The van der Waals surface area contributed by atoms with Crippen LogP contribution in [-0.2, 0) is 0 Å². The molecule has 0 radical (unpaired) electrons. The highest BCUT2D eigenvalue weighted by Gasteiger charge is 2.24. The van der Waals surface area contributed by atoms with Crippen molar-refractivity contribution in [3.8, 4) is 22.3 Å². The Balaban J connectivity index is 2.04. The van der Waals surface area contributed by atoms with Crippen molar-refractivity contribution in [2.24, 2.45) is 0 Å². The molecule has 0 bridgehead atoms. The van der Waals surface area contributed by atoms with Crippen molar-refractivity contribution >= 4 is 16.3 Å². The van der Waals surface area contributed by atoms with Crippen LogP contribution in [0.25, 0.3) is 38.6 Å². The molecule has 1 aliphatic carbocycles. The Morgan fingerprint density at radius 2 is 1.60 bits per heavy atom. The molecule has 0 aliphatic heterocycles. The molecule has 0 aromatic heterocycles. The van der Waals surface area contributed by atoms with Crippen molar-refractivity contribution in [1.29, 1.82) is 0 Å². The van der Waals surface area contributed by atoms with Crippen LogP contribution in [0.1, 0.15) is 25.0 Å². The lowest BCUT2D eigenvalue weighted by Crippen LogP contribution is -1.91. The van der Waals surface area contributed by atoms with Crippen LogP contribution in [0.2, 0.25) is 0 Å². The minimum atomic E-state index is 1.27. The summed E-state index contributed by atoms with van der Waals surface area (Å²) in [6.45, 7) is 6.42. The molecule has 0 saturated carbocycles. The predicted molar refractivity (Wildman–Crippen MR) is 111 cm³/mol. The Morgan fingerprint density at radius 1 is 0.840 bits per heavy atom. The van der Waals surface area contributed by atoms with Gasteiger partial charge in [0.15, 0.2) is 0 Å². The molecular weight excluding hydrogens is 300 g/mol. The lowest BCUT2D eigenvalue weighted by Gasteiger charge is -2.14. The summed E-state index contributed by atoms with van der Waals surface area (Å²) < 4.78 is 0. The second-order valence-electron chi connectivity index (χ2n) is 6.50. The molecule has 3 aromatic carbocycles. The van der Waals surface area contributed by atoms with Crippen LogP contribution in [0.3, 0.4) is 0 Å². The zero-order valence-corrected chi connectivity index (χ0v) is 15.0. The van der Waals surface area contributed by atoms with Gasteiger partial charge < -0.3 is 0 Å². The van der Waals surface area contributed by atoms with Crippen LogP contribution >= 0.6 is 0 Å². The summed E-state index contributed by atoms with van der Waals surface area (Å²) in [4.78, 5) is 0. The molecule has 25 heavy (non-hydrogen) atoms. The number of allylic oxidation sites excluding steroid dienone is 6. The van der Waals surface area contributed by atoms with Gasteiger partial charge in [0, 0.05) is 0 Å². The highest BCUT2D eigenvalue weighted by Crippen LogP contribution is 2.49. The van der Waals surface area contributed by atoms with Gasteiger partial charge in [0.25, 0.3) is 0 Å². The lowest BCUT2D eigenvalue weighted by molar-refractivity contribution is 1.45. The van der Waals surface area contributed by atoms with E-state index in [9.17, 15) is 0 Å². The van der Waals surface area contributed by atoms with E-state index in [1.54, 1.807) is 0 Å². The van der Waals surface area contributed by atoms with Gasteiger partial charge >= 0.3 is 0 Å². The van der Waals surface area contributed by atoms with E-state index in [-0.39, 0.29) is 0 Å². The van der Waals surface area contributed by atoms with Gasteiger partial charge in [-0.3, -0.25) is 0 Å². The van der Waals surface area contributed by atoms with Crippen molar-refractivity contribution < 1.29 is 0 Å². The number of benzene rings is 3. The fourth-order valence-corrected chi connectivity index (χ4v) is 3.96. The average Bonchev–Trinajstić information content (AvgIpc) is 2.99. The Kier molecular flexibility index (Phi) is 3.89. The molecule has 0 nitrogen and oxygen atoms in total. The normalized spacial score (nSPS) is 13.3. The van der Waals surface area contributed by atoms with Crippen LogP contribution < -0.4 is 0 Å². The van der Waals surface area contributed by atoms with Gasteiger partial charge in [-0.1, -0.05) is 72.8 Å². The fourth-order valence-electron chi connectivity index (χ4n) is 3.96. The summed E-state index contributed by atoms with van der Waals surface area (Å²) >= 11 is 0. The summed E-state index contributed by atoms with van der Waals surface area (Å²) in [5.41, 5.74) is 9.43. The molecule has 0 saturated heterocycles. The summed E-state index contributed by atoms with van der Waals surface area (Å²) in [5.74, 6) is 0. The molecule has 0 heteroatoms. The highest BCUT2D eigenvalue weighted by atomic mass is 14.3. The van der Waals surface area contributed by atoms with Gasteiger partial charge in [0.2, 0.25) is 0 Å². The molecule has 0 unspecified atom stereocenters. The minimum Gasteiger partial charge on any atom is -0.0877 e. The summed E-state index contributed by atoms with van der Waals surface area (Å²) in [5, 5.41) is 2.72. The standard InChI is InChI=1S/C25H22/c1-4-6-7-11-18(5-2)23-16-19-12-10-15-22-20-13-8-9-14-21(20)24(17(23)3)25(19)22/h4-16H,1-3H3/b6-4-,11-7-,18-5+. The van der Waals surface area contributed by atoms with Crippen molar-refractivity contribution in [1.82, 2.24) is 0 Å². The van der Waals surface area contributed by atoms with E-state index in [0.717, 1.165) is 0 Å². The van der Waals surface area contributed by atoms with Crippen molar-refractivity contribution in [3.05, 3.63) is 90.0 Å². The molecule has 1 aliphatic rings. The molecule has 0 atom stereocenters. The van der Waals surface area contributed by atoms with Crippen LogP contribution in [0.4, 0.5) is 0 Å². The van der Waals surface area contributed by atoms with Gasteiger partial charge in [0.05, 0.1) is 0 Å². The van der Waals surface area contributed by atoms with Crippen molar-refractivity contribution in [2.45, 2.75) is 20.8 Å². The largest absolute Gasteiger partial charge is 0.0877 e. The average molecular weight is 322 g/mol. The predicted octanol–water partition coefficient (Wildman–Crippen LogP) is 7.33. The second kappa shape index (κ2) is 6.22. The monoisotopic (exact) mass is 322 g/mol. The molecule has 122 valence electrons. The van der Waals surface area contributed by atoms with Gasteiger partial charge in [0.1, 0.15) is 0 Å². The maximum absolute atomic E-state index is 2.35. The third-order valence-corrected chi connectivity index (χ3v) is 5.11. The Labute approximate surface area is 149 Å². The number of rotatable bonds is 3. The van der Waals surface area contributed by atoms with Crippen molar-refractivity contribution in [3.63, 3.8) is 0 Å². The third kappa shape index (κ3) is 2.37. The van der Waals surface area contributed by atoms with Crippen LogP contribution in [-0.4, -0.2) is 0 Å². The molecule has 3 aromatic rings. The Morgan fingerprint density at radius 3 is 2.36 bits per heavy atom. The van der Waals surface area contributed by atoms with Crippen LogP contribution in [0.5, 0.6) is 0 Å². The van der Waals surface area contributed by atoms with Gasteiger partial charge in [-0.15, -0.1) is 0 Å². The smallest absolute Gasteiger partial charge is 0.00233 e. The van der Waals surface area contributed by atoms with Crippen LogP contribution in [0, 0.1) is 6.92 Å². The zero-order valence-electron chi connectivity index (χ0n) is 15.0. The number of hydrogen-bond acceptors (Lipinski definition) is 0. The maximum Gasteiger partial charge on any atom is -0.00233 e. The number of fused-ring (bicyclic) bond motifs is 3. The molecule has 0 heterocycles. The van der Waals surface area contributed by atoms with Crippen molar-refractivity contribution in [2.75, 3.05) is 0 Å². The minimum absolute atomic E-state index is 1.27. The quantitative estimate of drug-likeness (QED) is 0.346. The van der Waals surface area contributed by atoms with Gasteiger partial charge in [-0.25, -0.2) is 0 Å². The first kappa shape index (κ1) is 15.7. The summed E-state index contributed by atoms with van der Waals surface area (Å²) in [6, 6.07) is 17.8. The van der Waals surface area contributed by atoms with E-state index < -0.39 is 0 Å². The van der Waals surface area contributed by atoms with E-state index in [0.29, 0.717) is 0 Å². The zero-order chi connectivity index (χ0) is 17.4. The maximum atomic E-state index is 2.35. The SMILES string of the molecule is C\C=C/C=C\C(=C/C)c1cc2cccc3c2c(c1C)-c1ccccc1-3. The van der Waals surface area contributed by atoms with Crippen LogP contribution in [0.15, 0.2) is 78.9 Å². The highest BCUT2D eigenvalue weighted by molar-refractivity contribution is 6.17. The van der Waals surface area contributed by atoms with Gasteiger partial charge in [-0.2, -0.15) is 0 Å². The first-order valence-electron chi connectivity index (χ1n) is 8.88. The van der Waals surface area contributed by atoms with E-state index in [1.165, 1.54) is 49.7 Å². The van der Waals surface area contributed by atoms with E-state index in [2.05, 4.69) is 92.8 Å². The molecule has 0 amide bonds.